The molecule has 6 heteroatoms. The summed E-state index contributed by atoms with van der Waals surface area (Å²) in [7, 11) is -3.48. The Morgan fingerprint density at radius 1 is 1.00 bits per heavy atom. The summed E-state index contributed by atoms with van der Waals surface area (Å²) in [6.45, 7) is 3.13. The number of fused-ring (bicyclic) bond motifs is 1. The molecule has 0 saturated heterocycles. The second-order valence-electron chi connectivity index (χ2n) is 5.56. The number of sulfonamides is 1. The van der Waals surface area contributed by atoms with Crippen LogP contribution in [0.2, 0.25) is 0 Å². The highest BCUT2D eigenvalue weighted by atomic mass is 32.2. The molecule has 0 unspecified atom stereocenters. The molecule has 0 aliphatic carbocycles. The van der Waals surface area contributed by atoms with Crippen LogP contribution in [-0.2, 0) is 15.8 Å². The van der Waals surface area contributed by atoms with Crippen LogP contribution in [0.3, 0.4) is 0 Å². The Balaban J connectivity index is 1.75. The maximum atomic E-state index is 12.3. The van der Waals surface area contributed by atoms with Crippen LogP contribution in [0.5, 0.6) is 11.5 Å². The van der Waals surface area contributed by atoms with E-state index >= 15 is 0 Å². The summed E-state index contributed by atoms with van der Waals surface area (Å²) in [5.41, 5.74) is 2.32. The van der Waals surface area contributed by atoms with E-state index in [9.17, 15) is 8.42 Å². The SMILES string of the molecule is Cc1ccc(CS(=O)(=O)Nc2ccc3c(c2)OCCCO3)cc1. The summed E-state index contributed by atoms with van der Waals surface area (Å²) >= 11 is 0. The molecule has 0 radical (unpaired) electrons. The zero-order chi connectivity index (χ0) is 16.3. The molecule has 23 heavy (non-hydrogen) atoms. The summed E-state index contributed by atoms with van der Waals surface area (Å²) in [5, 5.41) is 0. The van der Waals surface area contributed by atoms with Gasteiger partial charge in [0.2, 0.25) is 10.0 Å². The van der Waals surface area contributed by atoms with Crippen LogP contribution in [0.15, 0.2) is 42.5 Å². The highest BCUT2D eigenvalue weighted by molar-refractivity contribution is 7.91. The first-order chi connectivity index (χ1) is 11.0. The van der Waals surface area contributed by atoms with Crippen LogP contribution in [0.25, 0.3) is 0 Å². The van der Waals surface area contributed by atoms with Crippen LogP contribution in [0.1, 0.15) is 17.5 Å². The normalized spacial score (nSPS) is 14.1. The van der Waals surface area contributed by atoms with Crippen molar-refractivity contribution in [2.75, 3.05) is 17.9 Å². The zero-order valence-electron chi connectivity index (χ0n) is 12.9. The highest BCUT2D eigenvalue weighted by Crippen LogP contribution is 2.32. The number of benzene rings is 2. The lowest BCUT2D eigenvalue weighted by Gasteiger charge is -2.12. The summed E-state index contributed by atoms with van der Waals surface area (Å²) in [6.07, 6.45) is 0.809. The van der Waals surface area contributed by atoms with Crippen molar-refractivity contribution in [2.45, 2.75) is 19.1 Å². The van der Waals surface area contributed by atoms with E-state index in [0.29, 0.717) is 30.4 Å². The maximum Gasteiger partial charge on any atom is 0.236 e. The third-order valence-corrected chi connectivity index (χ3v) is 4.76. The van der Waals surface area contributed by atoms with Gasteiger partial charge in [0.1, 0.15) is 0 Å². The van der Waals surface area contributed by atoms with Crippen LogP contribution < -0.4 is 14.2 Å². The molecule has 0 bridgehead atoms. The van der Waals surface area contributed by atoms with Crippen molar-refractivity contribution in [3.05, 3.63) is 53.6 Å². The van der Waals surface area contributed by atoms with Gasteiger partial charge in [-0.1, -0.05) is 29.8 Å². The molecular formula is C17H19NO4S. The fourth-order valence-electron chi connectivity index (χ4n) is 2.35. The molecule has 1 N–H and O–H groups in total. The Kier molecular flexibility index (Phi) is 4.43. The number of hydrogen-bond acceptors (Lipinski definition) is 4. The Bertz CT molecular complexity index is 785. The largest absolute Gasteiger partial charge is 0.490 e. The quantitative estimate of drug-likeness (QED) is 0.934. The van der Waals surface area contributed by atoms with Crippen molar-refractivity contribution in [2.24, 2.45) is 0 Å². The van der Waals surface area contributed by atoms with Gasteiger partial charge in [-0.25, -0.2) is 8.42 Å². The molecular weight excluding hydrogens is 314 g/mol. The zero-order valence-corrected chi connectivity index (χ0v) is 13.7. The number of anilines is 1. The summed E-state index contributed by atoms with van der Waals surface area (Å²) in [4.78, 5) is 0. The summed E-state index contributed by atoms with van der Waals surface area (Å²) in [6, 6.07) is 12.5. The van der Waals surface area contributed by atoms with Gasteiger partial charge in [0.05, 0.1) is 24.7 Å². The highest BCUT2D eigenvalue weighted by Gasteiger charge is 2.15. The molecule has 0 aromatic heterocycles. The van der Waals surface area contributed by atoms with E-state index in [-0.39, 0.29) is 5.75 Å². The second-order valence-corrected chi connectivity index (χ2v) is 7.28. The van der Waals surface area contributed by atoms with E-state index in [1.165, 1.54) is 0 Å². The predicted octanol–water partition coefficient (Wildman–Crippen LogP) is 3.10. The Hall–Kier alpha value is -2.21. The minimum absolute atomic E-state index is 0.0677. The van der Waals surface area contributed by atoms with Gasteiger partial charge < -0.3 is 9.47 Å². The van der Waals surface area contributed by atoms with E-state index in [1.54, 1.807) is 18.2 Å². The smallest absolute Gasteiger partial charge is 0.236 e. The minimum atomic E-state index is -3.48. The number of ether oxygens (including phenoxy) is 2. The van der Waals surface area contributed by atoms with Crippen molar-refractivity contribution >= 4 is 15.7 Å². The molecule has 5 nitrogen and oxygen atoms in total. The van der Waals surface area contributed by atoms with E-state index < -0.39 is 10.0 Å². The van der Waals surface area contributed by atoms with Gasteiger partial charge in [-0.05, 0) is 24.6 Å². The first-order valence-corrected chi connectivity index (χ1v) is 9.13. The Morgan fingerprint density at radius 2 is 1.70 bits per heavy atom. The fraction of sp³-hybridized carbons (Fsp3) is 0.294. The lowest BCUT2D eigenvalue weighted by atomic mass is 10.2. The van der Waals surface area contributed by atoms with Crippen molar-refractivity contribution in [3.63, 3.8) is 0 Å². The molecule has 0 fully saturated rings. The molecule has 0 atom stereocenters. The predicted molar refractivity (Wildman–Crippen MR) is 89.5 cm³/mol. The number of nitrogens with one attached hydrogen (secondary N) is 1. The average molecular weight is 333 g/mol. The molecule has 1 aliphatic rings. The molecule has 122 valence electrons. The van der Waals surface area contributed by atoms with Crippen LogP contribution in [0.4, 0.5) is 5.69 Å². The third-order valence-electron chi connectivity index (χ3n) is 3.50. The standard InChI is InChI=1S/C17H19NO4S/c1-13-3-5-14(6-4-13)12-23(19,20)18-15-7-8-16-17(11-15)22-10-2-9-21-16/h3-8,11,18H,2,9-10,12H2,1H3. The molecule has 0 spiro atoms. The number of rotatable bonds is 4. The van der Waals surface area contributed by atoms with E-state index in [0.717, 1.165) is 17.5 Å². The average Bonchev–Trinajstić information content (AvgIpc) is 2.74. The van der Waals surface area contributed by atoms with Crippen molar-refractivity contribution in [1.29, 1.82) is 0 Å². The molecule has 0 saturated carbocycles. The van der Waals surface area contributed by atoms with Crippen LogP contribution in [0, 0.1) is 6.92 Å². The van der Waals surface area contributed by atoms with E-state index in [4.69, 9.17) is 9.47 Å². The molecule has 1 heterocycles. The monoisotopic (exact) mass is 333 g/mol. The molecule has 2 aromatic rings. The molecule has 3 rings (SSSR count). The summed E-state index contributed by atoms with van der Waals surface area (Å²) < 4.78 is 38.3. The molecule has 0 amide bonds. The van der Waals surface area contributed by atoms with E-state index in [1.807, 2.05) is 31.2 Å². The minimum Gasteiger partial charge on any atom is -0.490 e. The van der Waals surface area contributed by atoms with Gasteiger partial charge in [-0.15, -0.1) is 0 Å². The van der Waals surface area contributed by atoms with Crippen LogP contribution >= 0.6 is 0 Å². The fourth-order valence-corrected chi connectivity index (χ4v) is 3.54. The topological polar surface area (TPSA) is 64.6 Å². The van der Waals surface area contributed by atoms with Crippen molar-refractivity contribution in [3.8, 4) is 11.5 Å². The Labute approximate surface area is 136 Å². The van der Waals surface area contributed by atoms with Gasteiger partial charge in [0.25, 0.3) is 0 Å². The second kappa shape index (κ2) is 6.50. The number of aryl methyl sites for hydroxylation is 1. The van der Waals surface area contributed by atoms with Gasteiger partial charge in [-0.2, -0.15) is 0 Å². The first-order valence-electron chi connectivity index (χ1n) is 7.47. The van der Waals surface area contributed by atoms with Crippen molar-refractivity contribution < 1.29 is 17.9 Å². The third kappa shape index (κ3) is 4.16. The number of hydrogen-bond donors (Lipinski definition) is 1. The van der Waals surface area contributed by atoms with E-state index in [2.05, 4.69) is 4.72 Å². The van der Waals surface area contributed by atoms with Gasteiger partial charge in [0.15, 0.2) is 11.5 Å². The Morgan fingerprint density at radius 3 is 2.43 bits per heavy atom. The molecule has 1 aliphatic heterocycles. The van der Waals surface area contributed by atoms with Gasteiger partial charge >= 0.3 is 0 Å². The van der Waals surface area contributed by atoms with Crippen LogP contribution in [-0.4, -0.2) is 21.6 Å². The van der Waals surface area contributed by atoms with Crippen molar-refractivity contribution in [1.82, 2.24) is 0 Å². The first kappa shape index (κ1) is 15.7. The molecule has 2 aromatic carbocycles. The maximum absolute atomic E-state index is 12.3. The summed E-state index contributed by atoms with van der Waals surface area (Å²) in [5.74, 6) is 1.14. The lowest BCUT2D eigenvalue weighted by Crippen LogP contribution is -2.15. The van der Waals surface area contributed by atoms with Gasteiger partial charge in [-0.3, -0.25) is 4.72 Å². The van der Waals surface area contributed by atoms with Gasteiger partial charge in [0, 0.05) is 12.5 Å². The lowest BCUT2D eigenvalue weighted by molar-refractivity contribution is 0.297.